The number of ether oxygens (including phenoxy) is 1. The number of amides is 2. The van der Waals surface area contributed by atoms with Crippen LogP contribution in [0.1, 0.15) is 5.56 Å². The number of halogens is 3. The highest BCUT2D eigenvalue weighted by atomic mass is 35.5. The van der Waals surface area contributed by atoms with Gasteiger partial charge in [0, 0.05) is 18.3 Å². The van der Waals surface area contributed by atoms with Gasteiger partial charge in [-0.05, 0) is 35.9 Å². The molecule has 0 atom stereocenters. The first kappa shape index (κ1) is 16.0. The van der Waals surface area contributed by atoms with Crippen molar-refractivity contribution in [3.63, 3.8) is 0 Å². The second-order valence-corrected chi connectivity index (χ2v) is 4.84. The van der Waals surface area contributed by atoms with Crippen LogP contribution in [0.2, 0.25) is 5.02 Å². The fourth-order valence-electron chi connectivity index (χ4n) is 1.81. The van der Waals surface area contributed by atoms with Crippen molar-refractivity contribution in [1.82, 2.24) is 5.32 Å². The first-order valence-electron chi connectivity index (χ1n) is 6.31. The molecular weight excluding hydrogens is 314 g/mol. The Labute approximate surface area is 131 Å². The number of hydrogen-bond acceptors (Lipinski definition) is 2. The van der Waals surface area contributed by atoms with E-state index in [1.54, 1.807) is 12.1 Å². The third-order valence-corrected chi connectivity index (χ3v) is 3.08. The SMILES string of the molecule is COc1ccc(NC(=O)NCc2cc(F)cc(F)c2)cc1Cl. The standard InChI is InChI=1S/C15H13ClF2N2O2/c1-22-14-3-2-12(7-13(14)16)20-15(21)19-8-9-4-10(17)6-11(18)5-9/h2-7H,8H2,1H3,(H2,19,20,21). The number of urea groups is 1. The van der Waals surface area contributed by atoms with Gasteiger partial charge in [-0.25, -0.2) is 13.6 Å². The molecule has 0 saturated carbocycles. The number of nitrogens with one attached hydrogen (secondary N) is 2. The number of benzene rings is 2. The van der Waals surface area contributed by atoms with Crippen molar-refractivity contribution in [3.05, 3.63) is 58.6 Å². The number of carbonyl (C=O) groups excluding carboxylic acids is 1. The van der Waals surface area contributed by atoms with E-state index in [0.717, 1.165) is 18.2 Å². The van der Waals surface area contributed by atoms with Crippen molar-refractivity contribution < 1.29 is 18.3 Å². The Balaban J connectivity index is 1.94. The topological polar surface area (TPSA) is 50.4 Å². The van der Waals surface area contributed by atoms with Gasteiger partial charge in [0.05, 0.1) is 12.1 Å². The van der Waals surface area contributed by atoms with E-state index in [9.17, 15) is 13.6 Å². The highest BCUT2D eigenvalue weighted by molar-refractivity contribution is 6.32. The van der Waals surface area contributed by atoms with Gasteiger partial charge in [0.1, 0.15) is 17.4 Å². The first-order chi connectivity index (χ1) is 10.5. The van der Waals surface area contributed by atoms with Crippen LogP contribution in [0.3, 0.4) is 0 Å². The Kier molecular flexibility index (Phi) is 5.16. The number of rotatable bonds is 4. The monoisotopic (exact) mass is 326 g/mol. The summed E-state index contributed by atoms with van der Waals surface area (Å²) in [6, 6.07) is 7.30. The van der Waals surface area contributed by atoms with E-state index in [2.05, 4.69) is 10.6 Å². The summed E-state index contributed by atoms with van der Waals surface area (Å²) in [4.78, 5) is 11.7. The molecule has 0 spiro atoms. The molecule has 0 unspecified atom stereocenters. The Bertz CT molecular complexity index is 675. The van der Waals surface area contributed by atoms with Crippen molar-refractivity contribution in [2.75, 3.05) is 12.4 Å². The maximum absolute atomic E-state index is 13.0. The molecule has 7 heteroatoms. The zero-order chi connectivity index (χ0) is 16.1. The lowest BCUT2D eigenvalue weighted by molar-refractivity contribution is 0.251. The Morgan fingerprint density at radius 2 is 1.86 bits per heavy atom. The zero-order valence-electron chi connectivity index (χ0n) is 11.6. The predicted molar refractivity (Wildman–Crippen MR) is 80.2 cm³/mol. The molecule has 0 saturated heterocycles. The molecule has 4 nitrogen and oxygen atoms in total. The Morgan fingerprint density at radius 1 is 1.18 bits per heavy atom. The maximum atomic E-state index is 13.0. The van der Waals surface area contributed by atoms with Gasteiger partial charge in [-0.3, -0.25) is 0 Å². The molecule has 0 aliphatic heterocycles. The molecule has 116 valence electrons. The minimum atomic E-state index is -0.695. The molecule has 0 aliphatic rings. The zero-order valence-corrected chi connectivity index (χ0v) is 12.4. The van der Waals surface area contributed by atoms with Crippen LogP contribution < -0.4 is 15.4 Å². The molecule has 0 radical (unpaired) electrons. The number of anilines is 1. The van der Waals surface area contributed by atoms with Crippen LogP contribution in [0.5, 0.6) is 5.75 Å². The van der Waals surface area contributed by atoms with Gasteiger partial charge < -0.3 is 15.4 Å². The normalized spacial score (nSPS) is 10.2. The van der Waals surface area contributed by atoms with Crippen LogP contribution in [-0.2, 0) is 6.54 Å². The van der Waals surface area contributed by atoms with Crippen molar-refractivity contribution in [1.29, 1.82) is 0 Å². The fourth-order valence-corrected chi connectivity index (χ4v) is 2.07. The van der Waals surface area contributed by atoms with Gasteiger partial charge in [0.2, 0.25) is 0 Å². The summed E-state index contributed by atoms with van der Waals surface area (Å²) in [5.74, 6) is -0.902. The molecular formula is C15H13ClF2N2O2. The molecule has 2 amide bonds. The summed E-state index contributed by atoms with van der Waals surface area (Å²) in [5.41, 5.74) is 0.786. The third-order valence-electron chi connectivity index (χ3n) is 2.79. The van der Waals surface area contributed by atoms with Crippen LogP contribution in [0.4, 0.5) is 19.3 Å². The van der Waals surface area contributed by atoms with Crippen molar-refractivity contribution in [2.45, 2.75) is 6.54 Å². The Morgan fingerprint density at radius 3 is 2.45 bits per heavy atom. The summed E-state index contributed by atoms with van der Waals surface area (Å²) in [6.45, 7) is -0.00952. The summed E-state index contributed by atoms with van der Waals surface area (Å²) in [6.07, 6.45) is 0. The van der Waals surface area contributed by atoms with E-state index >= 15 is 0 Å². The van der Waals surface area contributed by atoms with Crippen molar-refractivity contribution in [3.8, 4) is 5.75 Å². The maximum Gasteiger partial charge on any atom is 0.319 e. The summed E-state index contributed by atoms with van der Waals surface area (Å²) < 4.78 is 31.0. The van der Waals surface area contributed by atoms with Crippen molar-refractivity contribution in [2.24, 2.45) is 0 Å². The second-order valence-electron chi connectivity index (χ2n) is 4.43. The summed E-state index contributed by atoms with van der Waals surface area (Å²) >= 11 is 5.94. The van der Waals surface area contributed by atoms with E-state index < -0.39 is 17.7 Å². The first-order valence-corrected chi connectivity index (χ1v) is 6.69. The molecule has 2 aromatic rings. The molecule has 2 aromatic carbocycles. The second kappa shape index (κ2) is 7.09. The third kappa shape index (κ3) is 4.33. The van der Waals surface area contributed by atoms with E-state index in [-0.39, 0.29) is 6.54 Å². The average molecular weight is 327 g/mol. The van der Waals surface area contributed by atoms with E-state index in [4.69, 9.17) is 16.3 Å². The van der Waals surface area contributed by atoms with Crippen LogP contribution in [-0.4, -0.2) is 13.1 Å². The number of carbonyl (C=O) groups is 1. The highest BCUT2D eigenvalue weighted by Gasteiger charge is 2.06. The fraction of sp³-hybridized carbons (Fsp3) is 0.133. The molecule has 2 N–H and O–H groups in total. The number of hydrogen-bond donors (Lipinski definition) is 2. The van der Waals surface area contributed by atoms with Crippen molar-refractivity contribution >= 4 is 23.3 Å². The minimum absolute atomic E-state index is 0.00952. The van der Waals surface area contributed by atoms with E-state index in [0.29, 0.717) is 22.0 Å². The van der Waals surface area contributed by atoms with Gasteiger partial charge >= 0.3 is 6.03 Å². The van der Waals surface area contributed by atoms with Gasteiger partial charge in [-0.15, -0.1) is 0 Å². The molecule has 0 heterocycles. The van der Waals surface area contributed by atoms with Crippen LogP contribution in [0.25, 0.3) is 0 Å². The Hall–Kier alpha value is -2.34. The lowest BCUT2D eigenvalue weighted by atomic mass is 10.2. The van der Waals surface area contributed by atoms with Gasteiger partial charge in [-0.2, -0.15) is 0 Å². The quantitative estimate of drug-likeness (QED) is 0.894. The predicted octanol–water partition coefficient (Wildman–Crippen LogP) is 3.95. The summed E-state index contributed by atoms with van der Waals surface area (Å²) in [5, 5.41) is 5.40. The average Bonchev–Trinajstić information content (AvgIpc) is 2.44. The largest absolute Gasteiger partial charge is 0.495 e. The smallest absolute Gasteiger partial charge is 0.319 e. The van der Waals surface area contributed by atoms with E-state index in [1.165, 1.54) is 13.2 Å². The highest BCUT2D eigenvalue weighted by Crippen LogP contribution is 2.27. The molecule has 0 bridgehead atoms. The van der Waals surface area contributed by atoms with Crippen LogP contribution >= 0.6 is 11.6 Å². The molecule has 22 heavy (non-hydrogen) atoms. The van der Waals surface area contributed by atoms with Gasteiger partial charge in [0.25, 0.3) is 0 Å². The molecule has 2 rings (SSSR count). The number of methoxy groups -OCH3 is 1. The molecule has 0 aliphatic carbocycles. The molecule has 0 fully saturated rings. The van der Waals surface area contributed by atoms with Gasteiger partial charge in [-0.1, -0.05) is 11.6 Å². The van der Waals surface area contributed by atoms with E-state index in [1.807, 2.05) is 0 Å². The van der Waals surface area contributed by atoms with Crippen LogP contribution in [0.15, 0.2) is 36.4 Å². The molecule has 0 aromatic heterocycles. The lowest BCUT2D eigenvalue weighted by Crippen LogP contribution is -2.28. The van der Waals surface area contributed by atoms with Gasteiger partial charge in [0.15, 0.2) is 0 Å². The lowest BCUT2D eigenvalue weighted by Gasteiger charge is -2.09. The summed E-state index contributed by atoms with van der Waals surface area (Å²) in [7, 11) is 1.49. The minimum Gasteiger partial charge on any atom is -0.495 e. The van der Waals surface area contributed by atoms with Crippen LogP contribution in [0, 0.1) is 11.6 Å².